The lowest BCUT2D eigenvalue weighted by Gasteiger charge is -2.27. The van der Waals surface area contributed by atoms with Crippen molar-refractivity contribution in [1.29, 1.82) is 0 Å². The molecule has 0 aliphatic heterocycles. The van der Waals surface area contributed by atoms with E-state index in [0.29, 0.717) is 12.2 Å². The van der Waals surface area contributed by atoms with E-state index in [0.717, 1.165) is 19.1 Å². The van der Waals surface area contributed by atoms with E-state index in [2.05, 4.69) is 19.1 Å². The second-order valence-corrected chi connectivity index (χ2v) is 9.94. The van der Waals surface area contributed by atoms with Crippen LogP contribution in [0.3, 0.4) is 0 Å². The predicted molar refractivity (Wildman–Crippen MR) is 120 cm³/mol. The van der Waals surface area contributed by atoms with E-state index in [1.165, 1.54) is 113 Å². The molecule has 3 saturated carbocycles. The largest absolute Gasteiger partial charge is 0.374 e. The van der Waals surface area contributed by atoms with E-state index >= 15 is 0 Å². The zero-order valence-electron chi connectivity index (χ0n) is 18.7. The van der Waals surface area contributed by atoms with Crippen LogP contribution in [0.2, 0.25) is 0 Å². The molecule has 0 heterocycles. The highest BCUT2D eigenvalue weighted by atomic mass is 16.5. The molecule has 0 aromatic heterocycles. The molecule has 29 heavy (non-hydrogen) atoms. The molecule has 2 heteroatoms. The molecule has 162 valence electrons. The Morgan fingerprint density at radius 2 is 1.03 bits per heavy atom. The van der Waals surface area contributed by atoms with E-state index in [-0.39, 0.29) is 0 Å². The van der Waals surface area contributed by atoms with Crippen LogP contribution in [-0.4, -0.2) is 12.2 Å². The predicted octanol–water partition coefficient (Wildman–Crippen LogP) is 7.74. The molecule has 0 spiro atoms. The summed E-state index contributed by atoms with van der Waals surface area (Å²) in [6, 6.07) is 4.97. The standard InChI is InChI=1S/C27H42O2/c1-21-24(19-28-26-13-7-3-8-14-26)17-23(22-11-5-2-6-12-22)18-25(21)20-29-27-15-9-4-10-16-27/h17-18,22,26-27H,2-16,19-20H2,1H3. The number of rotatable bonds is 7. The summed E-state index contributed by atoms with van der Waals surface area (Å²) in [6.07, 6.45) is 21.0. The van der Waals surface area contributed by atoms with Crippen molar-refractivity contribution in [1.82, 2.24) is 0 Å². The van der Waals surface area contributed by atoms with Gasteiger partial charge in [0, 0.05) is 0 Å². The van der Waals surface area contributed by atoms with Crippen molar-refractivity contribution in [2.45, 2.75) is 135 Å². The summed E-state index contributed by atoms with van der Waals surface area (Å²) in [6.45, 7) is 3.87. The van der Waals surface area contributed by atoms with Crippen LogP contribution in [0.1, 0.15) is 124 Å². The average Bonchev–Trinajstić information content (AvgIpc) is 2.79. The fourth-order valence-electron chi connectivity index (χ4n) is 5.72. The molecule has 3 aliphatic carbocycles. The van der Waals surface area contributed by atoms with Gasteiger partial charge in [-0.2, -0.15) is 0 Å². The Hall–Kier alpha value is -0.860. The van der Waals surface area contributed by atoms with E-state index in [1.807, 2.05) is 0 Å². The minimum absolute atomic E-state index is 0.475. The fourth-order valence-corrected chi connectivity index (χ4v) is 5.72. The first-order valence-electron chi connectivity index (χ1n) is 12.6. The second-order valence-electron chi connectivity index (χ2n) is 9.94. The molecular weight excluding hydrogens is 356 g/mol. The molecule has 3 fully saturated rings. The molecule has 0 unspecified atom stereocenters. The van der Waals surface area contributed by atoms with Crippen LogP contribution in [0.25, 0.3) is 0 Å². The van der Waals surface area contributed by atoms with Gasteiger partial charge in [-0.25, -0.2) is 0 Å². The lowest BCUT2D eigenvalue weighted by molar-refractivity contribution is 0.0138. The summed E-state index contributed by atoms with van der Waals surface area (Å²) < 4.78 is 12.8. The van der Waals surface area contributed by atoms with Crippen LogP contribution in [0, 0.1) is 6.92 Å². The highest BCUT2D eigenvalue weighted by molar-refractivity contribution is 5.39. The van der Waals surface area contributed by atoms with Crippen LogP contribution in [-0.2, 0) is 22.7 Å². The Bertz CT molecular complexity index is 576. The number of ether oxygens (including phenoxy) is 2. The molecule has 1 aromatic carbocycles. The molecule has 2 nitrogen and oxygen atoms in total. The van der Waals surface area contributed by atoms with Crippen LogP contribution < -0.4 is 0 Å². The second kappa shape index (κ2) is 11.0. The van der Waals surface area contributed by atoms with Gasteiger partial charge in [0.25, 0.3) is 0 Å². The maximum Gasteiger partial charge on any atom is 0.0723 e. The van der Waals surface area contributed by atoms with E-state index in [9.17, 15) is 0 Å². The van der Waals surface area contributed by atoms with Crippen molar-refractivity contribution in [2.75, 3.05) is 0 Å². The lowest BCUT2D eigenvalue weighted by atomic mass is 9.82. The quantitative estimate of drug-likeness (QED) is 0.467. The summed E-state index contributed by atoms with van der Waals surface area (Å²) >= 11 is 0. The topological polar surface area (TPSA) is 18.5 Å². The third-order valence-electron chi connectivity index (χ3n) is 7.78. The Kier molecular flexibility index (Phi) is 8.08. The van der Waals surface area contributed by atoms with Crippen molar-refractivity contribution in [3.05, 3.63) is 34.4 Å². The highest BCUT2D eigenvalue weighted by Gasteiger charge is 2.21. The van der Waals surface area contributed by atoms with E-state index < -0.39 is 0 Å². The van der Waals surface area contributed by atoms with E-state index in [4.69, 9.17) is 9.47 Å². The molecular formula is C27H42O2. The van der Waals surface area contributed by atoms with Crippen molar-refractivity contribution < 1.29 is 9.47 Å². The zero-order valence-corrected chi connectivity index (χ0v) is 18.7. The smallest absolute Gasteiger partial charge is 0.0723 e. The molecule has 0 radical (unpaired) electrons. The highest BCUT2D eigenvalue weighted by Crippen LogP contribution is 2.35. The summed E-state index contributed by atoms with van der Waals surface area (Å²) in [5.41, 5.74) is 5.80. The minimum Gasteiger partial charge on any atom is -0.374 e. The number of hydrogen-bond acceptors (Lipinski definition) is 2. The van der Waals surface area contributed by atoms with Crippen LogP contribution in [0.5, 0.6) is 0 Å². The summed E-state index contributed by atoms with van der Waals surface area (Å²) in [5.74, 6) is 0.742. The molecule has 0 bridgehead atoms. The van der Waals surface area contributed by atoms with Gasteiger partial charge in [0.05, 0.1) is 25.4 Å². The summed E-state index contributed by atoms with van der Waals surface area (Å²) in [5, 5.41) is 0. The third kappa shape index (κ3) is 6.07. The minimum atomic E-state index is 0.475. The van der Waals surface area contributed by atoms with Gasteiger partial charge in [0.1, 0.15) is 0 Å². The van der Waals surface area contributed by atoms with Gasteiger partial charge in [0.2, 0.25) is 0 Å². The first-order chi connectivity index (χ1) is 14.3. The molecule has 3 aliphatic rings. The molecule has 0 atom stereocenters. The van der Waals surface area contributed by atoms with Crippen molar-refractivity contribution >= 4 is 0 Å². The van der Waals surface area contributed by atoms with Gasteiger partial charge in [-0.05, 0) is 73.6 Å². The number of hydrogen-bond donors (Lipinski definition) is 0. The molecule has 1 aromatic rings. The fraction of sp³-hybridized carbons (Fsp3) is 0.778. The maximum atomic E-state index is 6.40. The monoisotopic (exact) mass is 398 g/mol. The maximum absolute atomic E-state index is 6.40. The normalized spacial score (nSPS) is 22.8. The van der Waals surface area contributed by atoms with Crippen molar-refractivity contribution in [3.63, 3.8) is 0 Å². The van der Waals surface area contributed by atoms with Gasteiger partial charge in [-0.1, -0.05) is 69.9 Å². The van der Waals surface area contributed by atoms with Gasteiger partial charge in [-0.3, -0.25) is 0 Å². The first-order valence-corrected chi connectivity index (χ1v) is 12.6. The SMILES string of the molecule is Cc1c(COC2CCCCC2)cc(C2CCCCC2)cc1COC1CCCCC1. The Labute approximate surface area is 178 Å². The molecule has 0 saturated heterocycles. The zero-order chi connectivity index (χ0) is 19.9. The lowest BCUT2D eigenvalue weighted by Crippen LogP contribution is -2.18. The van der Waals surface area contributed by atoms with Gasteiger partial charge >= 0.3 is 0 Å². The van der Waals surface area contributed by atoms with Crippen LogP contribution in [0.4, 0.5) is 0 Å². The summed E-state index contributed by atoms with van der Waals surface area (Å²) in [4.78, 5) is 0. The van der Waals surface area contributed by atoms with Gasteiger partial charge < -0.3 is 9.47 Å². The van der Waals surface area contributed by atoms with Gasteiger partial charge in [-0.15, -0.1) is 0 Å². The summed E-state index contributed by atoms with van der Waals surface area (Å²) in [7, 11) is 0. The average molecular weight is 399 g/mol. The Balaban J connectivity index is 1.47. The first kappa shape index (κ1) is 21.4. The molecule has 0 N–H and O–H groups in total. The van der Waals surface area contributed by atoms with Crippen molar-refractivity contribution in [3.8, 4) is 0 Å². The van der Waals surface area contributed by atoms with Gasteiger partial charge in [0.15, 0.2) is 0 Å². The van der Waals surface area contributed by atoms with Crippen LogP contribution in [0.15, 0.2) is 12.1 Å². The molecule has 4 rings (SSSR count). The Morgan fingerprint density at radius 1 is 0.621 bits per heavy atom. The van der Waals surface area contributed by atoms with E-state index in [1.54, 1.807) is 5.56 Å². The molecule has 0 amide bonds. The third-order valence-corrected chi connectivity index (χ3v) is 7.78. The Morgan fingerprint density at radius 3 is 1.48 bits per heavy atom. The van der Waals surface area contributed by atoms with Crippen LogP contribution >= 0.6 is 0 Å². The number of benzene rings is 1. The van der Waals surface area contributed by atoms with Crippen molar-refractivity contribution in [2.24, 2.45) is 0 Å².